The Kier molecular flexibility index (Phi) is 10.0. The first kappa shape index (κ1) is 27.9. The van der Waals surface area contributed by atoms with Crippen molar-refractivity contribution in [3.05, 3.63) is 105 Å². The van der Waals surface area contributed by atoms with Crippen LogP contribution in [0.4, 0.5) is 4.79 Å². The van der Waals surface area contributed by atoms with Crippen LogP contribution in [0.25, 0.3) is 0 Å². The van der Waals surface area contributed by atoms with Gasteiger partial charge in [-0.3, -0.25) is 4.90 Å². The molecule has 3 aromatic carbocycles. The second-order valence-electron chi connectivity index (χ2n) is 9.08. The standard InChI is InChI=1S/C29H31Cl2N3O4/c1-37-28(35)23-8-6-21(7-9-23)20-38-27(22-10-12-25(30)13-11-22)19-33-14-16-34(17-15-33)29(36)32-18-24-4-2-3-5-26(24)31/h2-13,27H,14-20H2,1H3,(H,32,36). The maximum absolute atomic E-state index is 12.7. The van der Waals surface area contributed by atoms with Gasteiger partial charge in [0, 0.05) is 49.3 Å². The van der Waals surface area contributed by atoms with E-state index in [1.165, 1.54) is 7.11 Å². The van der Waals surface area contributed by atoms with E-state index >= 15 is 0 Å². The van der Waals surface area contributed by atoms with Crippen molar-refractivity contribution in [2.45, 2.75) is 19.3 Å². The minimum atomic E-state index is -0.367. The molecule has 1 unspecified atom stereocenters. The quantitative estimate of drug-likeness (QED) is 0.350. The lowest BCUT2D eigenvalue weighted by Gasteiger charge is -2.36. The molecule has 0 bridgehead atoms. The number of piperazine rings is 1. The number of esters is 1. The van der Waals surface area contributed by atoms with Crippen molar-refractivity contribution in [2.75, 3.05) is 39.8 Å². The van der Waals surface area contributed by atoms with Crippen molar-refractivity contribution in [1.82, 2.24) is 15.1 Å². The molecular formula is C29H31Cl2N3O4. The number of ether oxygens (including phenoxy) is 2. The first-order valence-electron chi connectivity index (χ1n) is 12.5. The maximum Gasteiger partial charge on any atom is 0.337 e. The monoisotopic (exact) mass is 555 g/mol. The van der Waals surface area contributed by atoms with E-state index in [2.05, 4.69) is 10.2 Å². The van der Waals surface area contributed by atoms with Crippen molar-refractivity contribution in [1.29, 1.82) is 0 Å². The van der Waals surface area contributed by atoms with Gasteiger partial charge in [0.1, 0.15) is 0 Å². The first-order chi connectivity index (χ1) is 18.4. The Morgan fingerprint density at radius 1 is 0.921 bits per heavy atom. The Morgan fingerprint density at radius 3 is 2.26 bits per heavy atom. The lowest BCUT2D eigenvalue weighted by molar-refractivity contribution is 0.00554. The summed E-state index contributed by atoms with van der Waals surface area (Å²) in [4.78, 5) is 28.5. The summed E-state index contributed by atoms with van der Waals surface area (Å²) in [7, 11) is 1.36. The number of carbonyl (C=O) groups excluding carboxylic acids is 2. The van der Waals surface area contributed by atoms with Crippen LogP contribution in [-0.2, 0) is 22.6 Å². The van der Waals surface area contributed by atoms with Gasteiger partial charge in [-0.15, -0.1) is 0 Å². The summed E-state index contributed by atoms with van der Waals surface area (Å²) in [6.07, 6.45) is -0.187. The Balaban J connectivity index is 1.32. The zero-order valence-corrected chi connectivity index (χ0v) is 22.8. The largest absolute Gasteiger partial charge is 0.465 e. The molecule has 2 amide bonds. The van der Waals surface area contributed by atoms with Gasteiger partial charge >= 0.3 is 12.0 Å². The summed E-state index contributed by atoms with van der Waals surface area (Å²) in [6, 6.07) is 22.3. The van der Waals surface area contributed by atoms with Crippen LogP contribution in [0.1, 0.15) is 33.2 Å². The molecule has 200 valence electrons. The normalized spacial score (nSPS) is 14.7. The van der Waals surface area contributed by atoms with Crippen LogP contribution in [-0.4, -0.2) is 61.6 Å². The van der Waals surface area contributed by atoms with E-state index in [-0.39, 0.29) is 18.1 Å². The van der Waals surface area contributed by atoms with E-state index in [1.54, 1.807) is 12.1 Å². The van der Waals surface area contributed by atoms with Crippen LogP contribution in [0.15, 0.2) is 72.8 Å². The molecule has 0 saturated carbocycles. The van der Waals surface area contributed by atoms with Gasteiger partial charge in [0.15, 0.2) is 0 Å². The number of hydrogen-bond donors (Lipinski definition) is 1. The summed E-state index contributed by atoms with van der Waals surface area (Å²) in [5.74, 6) is -0.367. The van der Waals surface area contributed by atoms with Gasteiger partial charge in [-0.05, 0) is 47.0 Å². The van der Waals surface area contributed by atoms with Crippen molar-refractivity contribution < 1.29 is 19.1 Å². The van der Waals surface area contributed by atoms with Crippen LogP contribution in [0, 0.1) is 0 Å². The summed E-state index contributed by atoms with van der Waals surface area (Å²) in [6.45, 7) is 4.18. The number of nitrogens with zero attached hydrogens (tertiary/aromatic N) is 2. The lowest BCUT2D eigenvalue weighted by Crippen LogP contribution is -2.52. The number of rotatable bonds is 9. The van der Waals surface area contributed by atoms with E-state index in [9.17, 15) is 9.59 Å². The Labute approximate surface area is 233 Å². The van der Waals surface area contributed by atoms with E-state index in [1.807, 2.05) is 65.6 Å². The molecule has 0 aliphatic carbocycles. The molecule has 7 nitrogen and oxygen atoms in total. The summed E-state index contributed by atoms with van der Waals surface area (Å²) in [5.41, 5.74) is 3.38. The van der Waals surface area contributed by atoms with Crippen molar-refractivity contribution >= 4 is 35.2 Å². The van der Waals surface area contributed by atoms with Gasteiger partial charge in [0.2, 0.25) is 0 Å². The first-order valence-corrected chi connectivity index (χ1v) is 13.2. The molecule has 1 fully saturated rings. The molecule has 1 aliphatic heterocycles. The van der Waals surface area contributed by atoms with Gasteiger partial charge in [0.05, 0.1) is 25.4 Å². The van der Waals surface area contributed by atoms with E-state index in [4.69, 9.17) is 32.7 Å². The summed E-state index contributed by atoms with van der Waals surface area (Å²) in [5, 5.41) is 4.28. The predicted molar refractivity (Wildman–Crippen MR) is 148 cm³/mol. The summed E-state index contributed by atoms with van der Waals surface area (Å²) >= 11 is 12.3. The molecule has 4 rings (SSSR count). The molecular weight excluding hydrogens is 525 g/mol. The van der Waals surface area contributed by atoms with Crippen molar-refractivity contribution in [2.24, 2.45) is 0 Å². The van der Waals surface area contributed by atoms with Crippen molar-refractivity contribution in [3.8, 4) is 0 Å². The maximum atomic E-state index is 12.7. The smallest absolute Gasteiger partial charge is 0.337 e. The highest BCUT2D eigenvalue weighted by Crippen LogP contribution is 2.24. The van der Waals surface area contributed by atoms with E-state index in [0.29, 0.717) is 48.4 Å². The Morgan fingerprint density at radius 2 is 1.61 bits per heavy atom. The van der Waals surface area contributed by atoms with Crippen LogP contribution in [0.5, 0.6) is 0 Å². The number of amides is 2. The Bertz CT molecular complexity index is 1210. The third kappa shape index (κ3) is 7.71. The minimum Gasteiger partial charge on any atom is -0.465 e. The van der Waals surface area contributed by atoms with E-state index in [0.717, 1.165) is 29.8 Å². The number of hydrogen-bond acceptors (Lipinski definition) is 5. The van der Waals surface area contributed by atoms with Crippen LogP contribution in [0.2, 0.25) is 10.0 Å². The average Bonchev–Trinajstić information content (AvgIpc) is 2.95. The van der Waals surface area contributed by atoms with Gasteiger partial charge in [-0.25, -0.2) is 9.59 Å². The zero-order valence-electron chi connectivity index (χ0n) is 21.2. The number of urea groups is 1. The fourth-order valence-corrected chi connectivity index (χ4v) is 4.60. The fourth-order valence-electron chi connectivity index (χ4n) is 4.28. The highest BCUT2D eigenvalue weighted by molar-refractivity contribution is 6.31. The average molecular weight is 556 g/mol. The molecule has 0 aromatic heterocycles. The van der Waals surface area contributed by atoms with Crippen LogP contribution in [0.3, 0.4) is 0 Å². The molecule has 38 heavy (non-hydrogen) atoms. The number of carbonyl (C=O) groups is 2. The SMILES string of the molecule is COC(=O)c1ccc(COC(CN2CCN(C(=O)NCc3ccccc3Cl)CC2)c2ccc(Cl)cc2)cc1. The van der Waals surface area contributed by atoms with Gasteiger partial charge in [-0.1, -0.05) is 65.7 Å². The molecule has 1 aliphatic rings. The summed E-state index contributed by atoms with van der Waals surface area (Å²) < 4.78 is 11.1. The third-order valence-electron chi connectivity index (χ3n) is 6.54. The van der Waals surface area contributed by atoms with Crippen LogP contribution >= 0.6 is 23.2 Å². The number of benzene rings is 3. The highest BCUT2D eigenvalue weighted by atomic mass is 35.5. The Hall–Kier alpha value is -3.10. The second-order valence-corrected chi connectivity index (χ2v) is 9.92. The predicted octanol–water partition coefficient (Wildman–Crippen LogP) is 5.57. The van der Waals surface area contributed by atoms with Crippen LogP contribution < -0.4 is 5.32 Å². The van der Waals surface area contributed by atoms with Gasteiger partial charge in [-0.2, -0.15) is 0 Å². The number of nitrogens with one attached hydrogen (secondary N) is 1. The second kappa shape index (κ2) is 13.6. The number of halogens is 2. The minimum absolute atomic E-state index is 0.0922. The van der Waals surface area contributed by atoms with Crippen molar-refractivity contribution in [3.63, 3.8) is 0 Å². The topological polar surface area (TPSA) is 71.1 Å². The van der Waals surface area contributed by atoms with E-state index < -0.39 is 0 Å². The molecule has 3 aromatic rings. The third-order valence-corrected chi connectivity index (χ3v) is 7.16. The molecule has 1 N–H and O–H groups in total. The fraction of sp³-hybridized carbons (Fsp3) is 0.310. The zero-order chi connectivity index (χ0) is 26.9. The molecule has 1 heterocycles. The molecule has 1 atom stereocenters. The lowest BCUT2D eigenvalue weighted by atomic mass is 10.1. The number of methoxy groups -OCH3 is 1. The van der Waals surface area contributed by atoms with Gasteiger partial charge < -0.3 is 19.7 Å². The van der Waals surface area contributed by atoms with Gasteiger partial charge in [0.25, 0.3) is 0 Å². The molecule has 9 heteroatoms. The molecule has 0 spiro atoms. The molecule has 1 saturated heterocycles. The molecule has 0 radical (unpaired) electrons. The highest BCUT2D eigenvalue weighted by Gasteiger charge is 2.24.